The van der Waals surface area contributed by atoms with Gasteiger partial charge in [-0.15, -0.1) is 0 Å². The fourth-order valence-electron chi connectivity index (χ4n) is 2.61. The van der Waals surface area contributed by atoms with Crippen LogP contribution in [0.5, 0.6) is 5.75 Å². The molecule has 0 saturated heterocycles. The zero-order valence-corrected chi connectivity index (χ0v) is 15.4. The van der Waals surface area contributed by atoms with Crippen LogP contribution in [0.3, 0.4) is 0 Å². The molecule has 0 spiro atoms. The minimum atomic E-state index is -0.288. The molecular weight excluding hydrogens is 298 g/mol. The Morgan fingerprint density at radius 2 is 1.50 bits per heavy atom. The highest BCUT2D eigenvalue weighted by Gasteiger charge is 2.28. The Morgan fingerprint density at radius 1 is 0.917 bits per heavy atom. The number of carbonyl (C=O) groups is 1. The number of para-hydroxylation sites is 1. The van der Waals surface area contributed by atoms with Crippen LogP contribution >= 0.6 is 0 Å². The highest BCUT2D eigenvalue weighted by molar-refractivity contribution is 6.07. The predicted octanol–water partition coefficient (Wildman–Crippen LogP) is 5.24. The maximum Gasteiger partial charge on any atom is 0.259 e. The Kier molecular flexibility index (Phi) is 4.75. The summed E-state index contributed by atoms with van der Waals surface area (Å²) in [5.41, 5.74) is 2.55. The minimum Gasteiger partial charge on any atom is -0.507 e. The quantitative estimate of drug-likeness (QED) is 0.793. The van der Waals surface area contributed by atoms with Crippen molar-refractivity contribution < 1.29 is 9.90 Å². The smallest absolute Gasteiger partial charge is 0.259 e. The lowest BCUT2D eigenvalue weighted by atomic mass is 9.78. The largest absolute Gasteiger partial charge is 0.507 e. The van der Waals surface area contributed by atoms with Crippen molar-refractivity contribution in [2.24, 2.45) is 0 Å². The molecule has 2 aromatic rings. The van der Waals surface area contributed by atoms with E-state index in [1.807, 2.05) is 57.2 Å². The summed E-state index contributed by atoms with van der Waals surface area (Å²) in [5, 5.41) is 13.5. The van der Waals surface area contributed by atoms with E-state index in [9.17, 15) is 9.90 Å². The van der Waals surface area contributed by atoms with Crippen molar-refractivity contribution in [3.63, 3.8) is 0 Å². The Labute approximate surface area is 144 Å². The van der Waals surface area contributed by atoms with Gasteiger partial charge in [0.05, 0.1) is 5.56 Å². The van der Waals surface area contributed by atoms with E-state index in [0.29, 0.717) is 11.3 Å². The summed E-state index contributed by atoms with van der Waals surface area (Å²) in [7, 11) is 0. The van der Waals surface area contributed by atoms with Crippen molar-refractivity contribution >= 4 is 11.6 Å². The number of phenolic OH excluding ortho intramolecular Hbond substituents is 1. The zero-order chi connectivity index (χ0) is 18.1. The van der Waals surface area contributed by atoms with Crippen LogP contribution in [0.1, 0.15) is 63.0 Å². The number of benzene rings is 2. The third-order valence-corrected chi connectivity index (χ3v) is 4.05. The molecule has 0 saturated carbocycles. The molecule has 0 aliphatic heterocycles. The molecule has 24 heavy (non-hydrogen) atoms. The van der Waals surface area contributed by atoms with E-state index in [1.165, 1.54) is 0 Å². The van der Waals surface area contributed by atoms with Crippen LogP contribution in [0.4, 0.5) is 5.69 Å². The van der Waals surface area contributed by atoms with Crippen LogP contribution in [0, 0.1) is 0 Å². The Bertz CT molecular complexity index is 735. The molecule has 2 rings (SSSR count). The maximum absolute atomic E-state index is 12.8. The van der Waals surface area contributed by atoms with Gasteiger partial charge in [0.1, 0.15) is 5.75 Å². The monoisotopic (exact) mass is 325 g/mol. The highest BCUT2D eigenvalue weighted by Crippen LogP contribution is 2.36. The minimum absolute atomic E-state index is 0.0285. The third-order valence-electron chi connectivity index (χ3n) is 4.05. The summed E-state index contributed by atoms with van der Waals surface area (Å²) in [4.78, 5) is 12.8. The molecule has 2 aromatic carbocycles. The standard InChI is InChI=1S/C21H27NO2/c1-20(2,3)14-12-16(21(4,5)6)18(17(23)13-14)19(24)22-15-10-8-7-9-11-15/h7-13,23H,1-6H3,(H,22,24). The fourth-order valence-corrected chi connectivity index (χ4v) is 2.61. The Morgan fingerprint density at radius 3 is 2.00 bits per heavy atom. The van der Waals surface area contributed by atoms with Crippen molar-refractivity contribution in [3.8, 4) is 5.75 Å². The van der Waals surface area contributed by atoms with Gasteiger partial charge < -0.3 is 10.4 Å². The van der Waals surface area contributed by atoms with Crippen molar-refractivity contribution in [2.45, 2.75) is 52.4 Å². The third kappa shape index (κ3) is 3.97. The topological polar surface area (TPSA) is 49.3 Å². The Balaban J connectivity index is 2.54. The molecule has 0 aromatic heterocycles. The molecule has 0 aliphatic rings. The van der Waals surface area contributed by atoms with Gasteiger partial charge in [0.2, 0.25) is 0 Å². The van der Waals surface area contributed by atoms with E-state index in [1.54, 1.807) is 6.07 Å². The molecule has 0 fully saturated rings. The highest BCUT2D eigenvalue weighted by atomic mass is 16.3. The molecule has 128 valence electrons. The summed E-state index contributed by atoms with van der Waals surface area (Å²) in [6.45, 7) is 12.4. The first-order chi connectivity index (χ1) is 11.0. The molecule has 1 amide bonds. The second-order valence-corrected chi connectivity index (χ2v) is 8.24. The van der Waals surface area contributed by atoms with Crippen molar-refractivity contribution in [2.75, 3.05) is 5.32 Å². The second kappa shape index (κ2) is 6.31. The van der Waals surface area contributed by atoms with Gasteiger partial charge in [0, 0.05) is 5.69 Å². The van der Waals surface area contributed by atoms with Crippen LogP contribution in [-0.4, -0.2) is 11.0 Å². The van der Waals surface area contributed by atoms with Gasteiger partial charge in [-0.25, -0.2) is 0 Å². The van der Waals surface area contributed by atoms with Crippen LogP contribution in [0.2, 0.25) is 0 Å². The average molecular weight is 325 g/mol. The second-order valence-electron chi connectivity index (χ2n) is 8.24. The lowest BCUT2D eigenvalue weighted by molar-refractivity contribution is 0.102. The van der Waals surface area contributed by atoms with Gasteiger partial charge in [-0.05, 0) is 40.2 Å². The van der Waals surface area contributed by atoms with E-state index in [4.69, 9.17) is 0 Å². The van der Waals surface area contributed by atoms with E-state index in [0.717, 1.165) is 11.1 Å². The van der Waals surface area contributed by atoms with Crippen LogP contribution < -0.4 is 5.32 Å². The van der Waals surface area contributed by atoms with Gasteiger partial charge in [0.25, 0.3) is 5.91 Å². The average Bonchev–Trinajstić information content (AvgIpc) is 2.45. The first kappa shape index (κ1) is 18.1. The van der Waals surface area contributed by atoms with E-state index in [2.05, 4.69) is 26.1 Å². The number of hydrogen-bond donors (Lipinski definition) is 2. The first-order valence-electron chi connectivity index (χ1n) is 8.24. The number of nitrogens with one attached hydrogen (secondary N) is 1. The molecule has 0 radical (unpaired) electrons. The summed E-state index contributed by atoms with van der Waals surface area (Å²) >= 11 is 0. The number of aromatic hydroxyl groups is 1. The number of anilines is 1. The molecule has 3 nitrogen and oxygen atoms in total. The molecule has 0 aliphatic carbocycles. The number of carbonyl (C=O) groups excluding carboxylic acids is 1. The molecule has 0 heterocycles. The number of hydrogen-bond acceptors (Lipinski definition) is 2. The van der Waals surface area contributed by atoms with E-state index >= 15 is 0 Å². The fraction of sp³-hybridized carbons (Fsp3) is 0.381. The van der Waals surface area contributed by atoms with E-state index < -0.39 is 0 Å². The zero-order valence-electron chi connectivity index (χ0n) is 15.4. The molecular formula is C21H27NO2. The number of phenols is 1. The van der Waals surface area contributed by atoms with Crippen molar-refractivity contribution in [1.82, 2.24) is 0 Å². The molecule has 0 atom stereocenters. The van der Waals surface area contributed by atoms with Crippen molar-refractivity contribution in [3.05, 3.63) is 59.2 Å². The molecule has 3 heteroatoms. The molecule has 2 N–H and O–H groups in total. The first-order valence-corrected chi connectivity index (χ1v) is 8.24. The SMILES string of the molecule is CC(C)(C)c1cc(O)c(C(=O)Nc2ccccc2)c(C(C)(C)C)c1. The lowest BCUT2D eigenvalue weighted by Gasteiger charge is -2.28. The van der Waals surface area contributed by atoms with E-state index in [-0.39, 0.29) is 22.5 Å². The van der Waals surface area contributed by atoms with Gasteiger partial charge >= 0.3 is 0 Å². The summed E-state index contributed by atoms with van der Waals surface area (Å²) in [5.74, 6) is -0.259. The summed E-state index contributed by atoms with van der Waals surface area (Å²) in [6, 6.07) is 13.0. The predicted molar refractivity (Wildman–Crippen MR) is 99.9 cm³/mol. The normalized spacial score (nSPS) is 12.1. The van der Waals surface area contributed by atoms with Gasteiger partial charge in [-0.1, -0.05) is 65.8 Å². The maximum atomic E-state index is 12.8. The number of amides is 1. The van der Waals surface area contributed by atoms with Gasteiger partial charge in [-0.3, -0.25) is 4.79 Å². The lowest BCUT2D eigenvalue weighted by Crippen LogP contribution is -2.23. The Hall–Kier alpha value is -2.29. The summed E-state index contributed by atoms with van der Waals surface area (Å²) in [6.07, 6.45) is 0. The van der Waals surface area contributed by atoms with Gasteiger partial charge in [-0.2, -0.15) is 0 Å². The van der Waals surface area contributed by atoms with Crippen LogP contribution in [0.25, 0.3) is 0 Å². The molecule has 0 bridgehead atoms. The summed E-state index contributed by atoms with van der Waals surface area (Å²) < 4.78 is 0. The molecule has 0 unspecified atom stereocenters. The number of rotatable bonds is 2. The van der Waals surface area contributed by atoms with Crippen molar-refractivity contribution in [1.29, 1.82) is 0 Å². The van der Waals surface area contributed by atoms with Crippen LogP contribution in [-0.2, 0) is 10.8 Å². The van der Waals surface area contributed by atoms with Crippen LogP contribution in [0.15, 0.2) is 42.5 Å². The van der Waals surface area contributed by atoms with Gasteiger partial charge in [0.15, 0.2) is 0 Å².